The highest BCUT2D eigenvalue weighted by molar-refractivity contribution is 5.71. The van der Waals surface area contributed by atoms with E-state index in [1.54, 1.807) is 0 Å². The fourth-order valence-electron chi connectivity index (χ4n) is 9.58. The van der Waals surface area contributed by atoms with Crippen LogP contribution in [0.3, 0.4) is 0 Å². The van der Waals surface area contributed by atoms with Crippen LogP contribution in [0.4, 0.5) is 0 Å². The quantitative estimate of drug-likeness (QED) is 0.0343. The molecule has 404 valence electrons. The van der Waals surface area contributed by atoms with Crippen molar-refractivity contribution >= 4 is 17.9 Å². The summed E-state index contributed by atoms with van der Waals surface area (Å²) in [5.41, 5.74) is 0. The van der Waals surface area contributed by atoms with Gasteiger partial charge in [0.25, 0.3) is 0 Å². The van der Waals surface area contributed by atoms with Gasteiger partial charge in [0.2, 0.25) is 0 Å². The molecular weight excluding hydrogens is 841 g/mol. The van der Waals surface area contributed by atoms with Gasteiger partial charge < -0.3 is 14.2 Å². The molecule has 6 heteroatoms. The van der Waals surface area contributed by atoms with Crippen LogP contribution >= 0.6 is 0 Å². The fraction of sp³-hybridized carbons (Fsp3) is 0.952. The topological polar surface area (TPSA) is 78.9 Å². The molecule has 0 aliphatic carbocycles. The average Bonchev–Trinajstić information content (AvgIpc) is 3.31. The Morgan fingerprint density at radius 3 is 0.721 bits per heavy atom. The summed E-state index contributed by atoms with van der Waals surface area (Å²) >= 11 is 0. The van der Waals surface area contributed by atoms with Gasteiger partial charge in [-0.25, -0.2) is 0 Å². The second-order valence-electron chi connectivity index (χ2n) is 22.3. The molecule has 0 aromatic rings. The molecule has 0 aliphatic heterocycles. The van der Waals surface area contributed by atoms with Crippen molar-refractivity contribution in [3.8, 4) is 0 Å². The van der Waals surface area contributed by atoms with Crippen LogP contribution in [0, 0.1) is 11.8 Å². The molecule has 0 aromatic heterocycles. The van der Waals surface area contributed by atoms with Crippen molar-refractivity contribution in [1.29, 1.82) is 0 Å². The van der Waals surface area contributed by atoms with Crippen molar-refractivity contribution < 1.29 is 28.6 Å². The maximum Gasteiger partial charge on any atom is 0.306 e. The highest BCUT2D eigenvalue weighted by Crippen LogP contribution is 2.19. The maximum absolute atomic E-state index is 12.9. The van der Waals surface area contributed by atoms with E-state index in [0.717, 1.165) is 69.6 Å². The molecule has 0 amide bonds. The molecule has 0 fully saturated rings. The molecule has 0 rings (SSSR count). The van der Waals surface area contributed by atoms with Crippen LogP contribution in [-0.2, 0) is 28.6 Å². The van der Waals surface area contributed by atoms with E-state index in [9.17, 15) is 14.4 Å². The van der Waals surface area contributed by atoms with E-state index in [0.29, 0.717) is 19.3 Å². The van der Waals surface area contributed by atoms with E-state index < -0.39 is 6.10 Å². The molecule has 0 saturated carbocycles. The lowest BCUT2D eigenvalue weighted by molar-refractivity contribution is -0.167. The first-order valence-electron chi connectivity index (χ1n) is 30.7. The molecule has 0 radical (unpaired) electrons. The summed E-state index contributed by atoms with van der Waals surface area (Å²) < 4.78 is 16.9. The minimum Gasteiger partial charge on any atom is -0.462 e. The van der Waals surface area contributed by atoms with E-state index in [2.05, 4.69) is 34.6 Å². The van der Waals surface area contributed by atoms with E-state index in [4.69, 9.17) is 14.2 Å². The Kier molecular flexibility index (Phi) is 53.5. The van der Waals surface area contributed by atoms with E-state index in [-0.39, 0.29) is 31.1 Å². The molecule has 0 heterocycles. The summed E-state index contributed by atoms with van der Waals surface area (Å²) in [6, 6.07) is 0. The van der Waals surface area contributed by atoms with Gasteiger partial charge in [0.05, 0.1) is 0 Å². The van der Waals surface area contributed by atoms with Gasteiger partial charge in [-0.15, -0.1) is 0 Å². The fourth-order valence-corrected chi connectivity index (χ4v) is 9.58. The molecule has 0 N–H and O–H groups in total. The summed E-state index contributed by atoms with van der Waals surface area (Å²) in [4.78, 5) is 38.2. The molecule has 0 saturated heterocycles. The highest BCUT2D eigenvalue weighted by Gasteiger charge is 2.19. The van der Waals surface area contributed by atoms with Crippen molar-refractivity contribution in [3.05, 3.63) is 0 Å². The minimum absolute atomic E-state index is 0.0620. The van der Waals surface area contributed by atoms with E-state index >= 15 is 0 Å². The number of hydrogen-bond acceptors (Lipinski definition) is 6. The first kappa shape index (κ1) is 66.4. The number of esters is 3. The van der Waals surface area contributed by atoms with Crippen LogP contribution in [0.25, 0.3) is 0 Å². The summed E-state index contributed by atoms with van der Waals surface area (Å²) in [5.74, 6) is 0.863. The second-order valence-corrected chi connectivity index (χ2v) is 22.3. The SMILES string of the molecule is CCCCCCCCCCCCCCCCC(=O)OC[C@H](COC(=O)CCCCCCCCCCCCCCCCC(C)C)OC(=O)CCCCCCCCCCCCCCCCCCC(C)C. The van der Waals surface area contributed by atoms with Crippen molar-refractivity contribution in [2.75, 3.05) is 13.2 Å². The third kappa shape index (κ3) is 55.3. The lowest BCUT2D eigenvalue weighted by Crippen LogP contribution is -2.30. The van der Waals surface area contributed by atoms with Crippen LogP contribution < -0.4 is 0 Å². The summed E-state index contributed by atoms with van der Waals surface area (Å²) in [6.45, 7) is 11.4. The third-order valence-electron chi connectivity index (χ3n) is 14.2. The van der Waals surface area contributed by atoms with Gasteiger partial charge in [-0.05, 0) is 31.1 Å². The minimum atomic E-state index is -0.763. The summed E-state index contributed by atoms with van der Waals surface area (Å²) in [6.07, 6.45) is 59.5. The number of ether oxygens (including phenoxy) is 3. The number of hydrogen-bond donors (Lipinski definition) is 0. The number of unbranched alkanes of at least 4 members (excludes halogenated alkanes) is 41. The summed E-state index contributed by atoms with van der Waals surface area (Å²) in [5, 5.41) is 0. The zero-order valence-electron chi connectivity index (χ0n) is 46.7. The van der Waals surface area contributed by atoms with Crippen LogP contribution in [-0.4, -0.2) is 37.2 Å². The van der Waals surface area contributed by atoms with Gasteiger partial charge in [-0.2, -0.15) is 0 Å². The monoisotopic (exact) mass is 961 g/mol. The van der Waals surface area contributed by atoms with Gasteiger partial charge in [0, 0.05) is 19.3 Å². The lowest BCUT2D eigenvalue weighted by atomic mass is 10.0. The molecule has 68 heavy (non-hydrogen) atoms. The van der Waals surface area contributed by atoms with Gasteiger partial charge in [0.1, 0.15) is 13.2 Å². The third-order valence-corrected chi connectivity index (χ3v) is 14.2. The molecule has 1 atom stereocenters. The predicted octanol–water partition coefficient (Wildman–Crippen LogP) is 20.4. The van der Waals surface area contributed by atoms with Crippen LogP contribution in [0.1, 0.15) is 349 Å². The Bertz CT molecular complexity index is 1040. The second kappa shape index (κ2) is 54.7. The van der Waals surface area contributed by atoms with Crippen molar-refractivity contribution in [2.45, 2.75) is 355 Å². The first-order chi connectivity index (χ1) is 33.2. The average molecular weight is 962 g/mol. The molecule has 0 aliphatic rings. The number of carbonyl (C=O) groups excluding carboxylic acids is 3. The predicted molar refractivity (Wildman–Crippen MR) is 293 cm³/mol. The van der Waals surface area contributed by atoms with Crippen molar-refractivity contribution in [1.82, 2.24) is 0 Å². The van der Waals surface area contributed by atoms with E-state index in [1.165, 1.54) is 238 Å². The zero-order chi connectivity index (χ0) is 49.6. The van der Waals surface area contributed by atoms with Gasteiger partial charge in [-0.3, -0.25) is 14.4 Å². The Balaban J connectivity index is 4.28. The molecular formula is C62H120O6. The number of rotatable bonds is 56. The van der Waals surface area contributed by atoms with E-state index in [1.807, 2.05) is 0 Å². The Hall–Kier alpha value is -1.59. The highest BCUT2D eigenvalue weighted by atomic mass is 16.6. The van der Waals surface area contributed by atoms with Gasteiger partial charge >= 0.3 is 17.9 Å². The molecule has 6 nitrogen and oxygen atoms in total. The zero-order valence-corrected chi connectivity index (χ0v) is 46.7. The van der Waals surface area contributed by atoms with Crippen molar-refractivity contribution in [2.24, 2.45) is 11.8 Å². The summed E-state index contributed by atoms with van der Waals surface area (Å²) in [7, 11) is 0. The standard InChI is InChI=1S/C62H120O6/c1-6-7-8-9-10-11-12-13-22-27-32-37-42-47-52-60(63)66-55-59(56-67-61(64)53-48-43-38-33-28-23-19-18-21-26-31-36-41-46-51-58(4)5)68-62(65)54-49-44-39-34-29-24-17-15-14-16-20-25-30-35-40-45-50-57(2)3/h57-59H,6-56H2,1-5H3/t59-/m1/s1. The Morgan fingerprint density at radius 2 is 0.485 bits per heavy atom. The maximum atomic E-state index is 12.9. The Labute approximate surface area is 425 Å². The number of carbonyl (C=O) groups is 3. The lowest BCUT2D eigenvalue weighted by Gasteiger charge is -2.18. The smallest absolute Gasteiger partial charge is 0.306 e. The molecule has 0 aromatic carbocycles. The molecule has 0 bridgehead atoms. The Morgan fingerprint density at radius 1 is 0.279 bits per heavy atom. The molecule has 0 unspecified atom stereocenters. The van der Waals surface area contributed by atoms with Gasteiger partial charge in [0.15, 0.2) is 6.10 Å². The van der Waals surface area contributed by atoms with Crippen LogP contribution in [0.2, 0.25) is 0 Å². The van der Waals surface area contributed by atoms with Crippen molar-refractivity contribution in [3.63, 3.8) is 0 Å². The van der Waals surface area contributed by atoms with Crippen LogP contribution in [0.15, 0.2) is 0 Å². The van der Waals surface area contributed by atoms with Gasteiger partial charge in [-0.1, -0.05) is 311 Å². The van der Waals surface area contributed by atoms with Crippen LogP contribution in [0.5, 0.6) is 0 Å². The molecule has 0 spiro atoms. The first-order valence-corrected chi connectivity index (χ1v) is 30.7. The largest absolute Gasteiger partial charge is 0.462 e. The normalized spacial score (nSPS) is 12.0.